The second-order valence-corrected chi connectivity index (χ2v) is 8.94. The summed E-state index contributed by atoms with van der Waals surface area (Å²) < 4.78 is 25.3. The standard InChI is InChI=1S/C16H23ClN2O2S/c1-22(20,21)18-15-6-10-19(11-7-15)12-16(8-9-16)13-2-4-14(17)5-3-13/h2-5,15,18H,6-12H2,1H3. The number of rotatable bonds is 5. The fourth-order valence-electron chi connectivity index (χ4n) is 3.43. The molecule has 1 aliphatic carbocycles. The van der Waals surface area contributed by atoms with Crippen LogP contribution in [0, 0.1) is 0 Å². The van der Waals surface area contributed by atoms with Gasteiger partial charge in [-0.15, -0.1) is 0 Å². The second-order valence-electron chi connectivity index (χ2n) is 6.73. The van der Waals surface area contributed by atoms with Crippen molar-refractivity contribution in [2.45, 2.75) is 37.1 Å². The van der Waals surface area contributed by atoms with Crippen LogP contribution in [0.2, 0.25) is 5.02 Å². The monoisotopic (exact) mass is 342 g/mol. The van der Waals surface area contributed by atoms with Gasteiger partial charge in [-0.3, -0.25) is 0 Å². The average molecular weight is 343 g/mol. The molecule has 0 bridgehead atoms. The highest BCUT2D eigenvalue weighted by atomic mass is 35.5. The van der Waals surface area contributed by atoms with Crippen molar-refractivity contribution in [3.8, 4) is 0 Å². The average Bonchev–Trinajstić information content (AvgIpc) is 3.21. The fraction of sp³-hybridized carbons (Fsp3) is 0.625. The lowest BCUT2D eigenvalue weighted by atomic mass is 9.94. The molecule has 1 aliphatic heterocycles. The molecule has 0 radical (unpaired) electrons. The first kappa shape index (κ1) is 16.2. The molecule has 1 N–H and O–H groups in total. The van der Waals surface area contributed by atoms with Crippen LogP contribution >= 0.6 is 11.6 Å². The summed E-state index contributed by atoms with van der Waals surface area (Å²) >= 11 is 5.98. The summed E-state index contributed by atoms with van der Waals surface area (Å²) in [5, 5.41) is 0.784. The van der Waals surface area contributed by atoms with Crippen LogP contribution in [-0.4, -0.2) is 45.2 Å². The van der Waals surface area contributed by atoms with E-state index in [0.29, 0.717) is 5.41 Å². The molecule has 0 spiro atoms. The topological polar surface area (TPSA) is 49.4 Å². The molecule has 1 aromatic carbocycles. The van der Waals surface area contributed by atoms with Crippen molar-refractivity contribution in [3.05, 3.63) is 34.9 Å². The van der Waals surface area contributed by atoms with E-state index >= 15 is 0 Å². The molecule has 1 saturated heterocycles. The molecule has 1 aromatic rings. The normalized spacial score (nSPS) is 22.6. The molecule has 0 atom stereocenters. The Hall–Kier alpha value is -0.620. The van der Waals surface area contributed by atoms with Gasteiger partial charge in [-0.2, -0.15) is 0 Å². The van der Waals surface area contributed by atoms with Crippen LogP contribution in [0.3, 0.4) is 0 Å². The summed E-state index contributed by atoms with van der Waals surface area (Å²) in [4.78, 5) is 2.47. The fourth-order valence-corrected chi connectivity index (χ4v) is 4.40. The summed E-state index contributed by atoms with van der Waals surface area (Å²) in [5.74, 6) is 0. The van der Waals surface area contributed by atoms with E-state index in [2.05, 4.69) is 21.8 Å². The third kappa shape index (κ3) is 4.02. The quantitative estimate of drug-likeness (QED) is 0.893. The maximum Gasteiger partial charge on any atom is 0.208 e. The summed E-state index contributed by atoms with van der Waals surface area (Å²) in [7, 11) is -3.09. The molecular weight excluding hydrogens is 320 g/mol. The first-order chi connectivity index (χ1) is 10.4. The smallest absolute Gasteiger partial charge is 0.208 e. The van der Waals surface area contributed by atoms with Crippen molar-refractivity contribution in [2.75, 3.05) is 25.9 Å². The Morgan fingerprint density at radius 2 is 1.82 bits per heavy atom. The maximum atomic E-state index is 11.3. The van der Waals surface area contributed by atoms with Crippen molar-refractivity contribution >= 4 is 21.6 Å². The maximum absolute atomic E-state index is 11.3. The molecule has 3 rings (SSSR count). The molecule has 22 heavy (non-hydrogen) atoms. The van der Waals surface area contributed by atoms with Crippen LogP contribution in [0.5, 0.6) is 0 Å². The van der Waals surface area contributed by atoms with Gasteiger partial charge in [-0.05, 0) is 56.5 Å². The summed E-state index contributed by atoms with van der Waals surface area (Å²) in [5.41, 5.74) is 1.68. The minimum absolute atomic E-state index is 0.0944. The van der Waals surface area contributed by atoms with Crippen molar-refractivity contribution in [2.24, 2.45) is 0 Å². The van der Waals surface area contributed by atoms with Crippen LogP contribution in [0.1, 0.15) is 31.2 Å². The van der Waals surface area contributed by atoms with Gasteiger partial charge in [0, 0.05) is 23.0 Å². The number of halogens is 1. The Bertz CT molecular complexity index is 618. The van der Waals surface area contributed by atoms with Crippen LogP contribution in [0.4, 0.5) is 0 Å². The lowest BCUT2D eigenvalue weighted by Crippen LogP contribution is -2.46. The number of hydrogen-bond acceptors (Lipinski definition) is 3. The zero-order valence-electron chi connectivity index (χ0n) is 12.9. The van der Waals surface area contributed by atoms with Gasteiger partial charge in [0.2, 0.25) is 10.0 Å². The van der Waals surface area contributed by atoms with Crippen LogP contribution < -0.4 is 4.72 Å². The van der Waals surface area contributed by atoms with E-state index in [-0.39, 0.29) is 6.04 Å². The Labute approximate surface area is 137 Å². The summed E-state index contributed by atoms with van der Waals surface area (Å²) in [6, 6.07) is 8.33. The van der Waals surface area contributed by atoms with E-state index in [9.17, 15) is 8.42 Å². The number of nitrogens with one attached hydrogen (secondary N) is 1. The molecule has 2 aliphatic rings. The van der Waals surface area contributed by atoms with E-state index in [1.54, 1.807) is 0 Å². The SMILES string of the molecule is CS(=O)(=O)NC1CCN(CC2(c3ccc(Cl)cc3)CC2)CC1. The van der Waals surface area contributed by atoms with Crippen molar-refractivity contribution < 1.29 is 8.42 Å². The molecule has 6 heteroatoms. The van der Waals surface area contributed by atoms with E-state index in [1.165, 1.54) is 24.7 Å². The Morgan fingerprint density at radius 1 is 1.23 bits per heavy atom. The summed E-state index contributed by atoms with van der Waals surface area (Å²) in [6.45, 7) is 2.99. The van der Waals surface area contributed by atoms with E-state index in [4.69, 9.17) is 11.6 Å². The third-order valence-electron chi connectivity index (χ3n) is 4.80. The van der Waals surface area contributed by atoms with Gasteiger partial charge in [0.05, 0.1) is 6.26 Å². The molecule has 122 valence electrons. The van der Waals surface area contributed by atoms with Gasteiger partial charge >= 0.3 is 0 Å². The molecule has 0 amide bonds. The largest absolute Gasteiger partial charge is 0.302 e. The van der Waals surface area contributed by atoms with Crippen LogP contribution in [0.15, 0.2) is 24.3 Å². The van der Waals surface area contributed by atoms with Gasteiger partial charge in [0.15, 0.2) is 0 Å². The zero-order valence-corrected chi connectivity index (χ0v) is 14.5. The molecule has 1 heterocycles. The number of nitrogens with zero attached hydrogens (tertiary/aromatic N) is 1. The Morgan fingerprint density at radius 3 is 2.32 bits per heavy atom. The van der Waals surface area contributed by atoms with Crippen LogP contribution in [0.25, 0.3) is 0 Å². The van der Waals surface area contributed by atoms with Crippen molar-refractivity contribution in [1.82, 2.24) is 9.62 Å². The Balaban J connectivity index is 1.56. The van der Waals surface area contributed by atoms with Crippen molar-refractivity contribution in [3.63, 3.8) is 0 Å². The highest BCUT2D eigenvalue weighted by Gasteiger charge is 2.45. The minimum atomic E-state index is -3.09. The number of piperidine rings is 1. The molecule has 0 aromatic heterocycles. The molecule has 2 fully saturated rings. The van der Waals surface area contributed by atoms with Gasteiger partial charge in [-0.25, -0.2) is 13.1 Å². The van der Waals surface area contributed by atoms with Crippen LogP contribution in [-0.2, 0) is 15.4 Å². The molecule has 0 unspecified atom stereocenters. The molecule has 1 saturated carbocycles. The predicted molar refractivity (Wildman–Crippen MR) is 89.8 cm³/mol. The van der Waals surface area contributed by atoms with Gasteiger partial charge in [0.25, 0.3) is 0 Å². The van der Waals surface area contributed by atoms with Gasteiger partial charge in [0.1, 0.15) is 0 Å². The highest BCUT2D eigenvalue weighted by Crippen LogP contribution is 2.49. The van der Waals surface area contributed by atoms with E-state index in [1.807, 2.05) is 12.1 Å². The first-order valence-corrected chi connectivity index (χ1v) is 10.1. The van der Waals surface area contributed by atoms with Gasteiger partial charge < -0.3 is 4.90 Å². The minimum Gasteiger partial charge on any atom is -0.302 e. The highest BCUT2D eigenvalue weighted by molar-refractivity contribution is 7.88. The van der Waals surface area contributed by atoms with Crippen molar-refractivity contribution in [1.29, 1.82) is 0 Å². The first-order valence-electron chi connectivity index (χ1n) is 7.82. The Kier molecular flexibility index (Phi) is 4.52. The van der Waals surface area contributed by atoms with Gasteiger partial charge in [-0.1, -0.05) is 23.7 Å². The molecular formula is C16H23ClN2O2S. The number of hydrogen-bond donors (Lipinski definition) is 1. The van der Waals surface area contributed by atoms with E-state index < -0.39 is 10.0 Å². The van der Waals surface area contributed by atoms with E-state index in [0.717, 1.165) is 37.5 Å². The molecule has 4 nitrogen and oxygen atoms in total. The number of sulfonamides is 1. The number of benzene rings is 1. The third-order valence-corrected chi connectivity index (χ3v) is 5.82. The lowest BCUT2D eigenvalue weighted by Gasteiger charge is -2.34. The predicted octanol–water partition coefficient (Wildman–Crippen LogP) is 2.39. The zero-order chi connectivity index (χ0) is 15.8. The second kappa shape index (κ2) is 6.11. The summed E-state index contributed by atoms with van der Waals surface area (Å²) in [6.07, 6.45) is 5.49. The lowest BCUT2D eigenvalue weighted by molar-refractivity contribution is 0.191. The number of likely N-dealkylation sites (tertiary alicyclic amines) is 1.